The fourth-order valence-electron chi connectivity index (χ4n) is 2.45. The Bertz CT molecular complexity index is 908. The average molecular weight is 358 g/mol. The van der Waals surface area contributed by atoms with Crippen LogP contribution < -0.4 is 5.56 Å². The first-order valence-corrected chi connectivity index (χ1v) is 8.66. The van der Waals surface area contributed by atoms with E-state index < -0.39 is 0 Å². The first kappa shape index (κ1) is 17.2. The van der Waals surface area contributed by atoms with Gasteiger partial charge in [0, 0.05) is 25.2 Å². The number of amides is 1. The van der Waals surface area contributed by atoms with Gasteiger partial charge in [0.25, 0.3) is 5.56 Å². The molecule has 0 aliphatic carbocycles. The van der Waals surface area contributed by atoms with Gasteiger partial charge in [-0.2, -0.15) is 0 Å². The number of carbonyl (C=O) groups excluding carboxylic acids is 1. The van der Waals surface area contributed by atoms with Gasteiger partial charge < -0.3 is 9.64 Å². The predicted octanol–water partition coefficient (Wildman–Crippen LogP) is 1.53. The molecule has 130 valence electrons. The fourth-order valence-corrected chi connectivity index (χ4v) is 3.08. The normalized spacial score (nSPS) is 10.9. The van der Waals surface area contributed by atoms with Crippen LogP contribution in [-0.4, -0.2) is 45.6 Å². The molecule has 0 aliphatic heterocycles. The van der Waals surface area contributed by atoms with E-state index in [0.29, 0.717) is 30.6 Å². The highest BCUT2D eigenvalue weighted by Gasteiger charge is 2.17. The molecule has 0 atom stereocenters. The number of nitrogens with zero attached hydrogens (tertiary/aromatic N) is 4. The zero-order valence-corrected chi connectivity index (χ0v) is 14.6. The SMILES string of the molecule is COCCN(Cc1nccs1)C(=O)Cn1cnc2ccccc2c1=O. The van der Waals surface area contributed by atoms with Gasteiger partial charge in [-0.25, -0.2) is 9.97 Å². The maximum absolute atomic E-state index is 12.7. The lowest BCUT2D eigenvalue weighted by molar-refractivity contribution is -0.133. The van der Waals surface area contributed by atoms with Crippen LogP contribution in [0, 0.1) is 0 Å². The molecule has 0 unspecified atom stereocenters. The van der Waals surface area contributed by atoms with Gasteiger partial charge in [-0.3, -0.25) is 14.2 Å². The summed E-state index contributed by atoms with van der Waals surface area (Å²) < 4.78 is 6.42. The predicted molar refractivity (Wildman–Crippen MR) is 95.4 cm³/mol. The monoisotopic (exact) mass is 358 g/mol. The number of para-hydroxylation sites is 1. The van der Waals surface area contributed by atoms with Crippen LogP contribution in [0.15, 0.2) is 47.0 Å². The topological polar surface area (TPSA) is 77.3 Å². The molecule has 7 nitrogen and oxygen atoms in total. The van der Waals surface area contributed by atoms with Crippen molar-refractivity contribution in [1.29, 1.82) is 0 Å². The summed E-state index contributed by atoms with van der Waals surface area (Å²) in [6.07, 6.45) is 3.12. The third-order valence-corrected chi connectivity index (χ3v) is 4.53. The van der Waals surface area contributed by atoms with Crippen molar-refractivity contribution in [2.24, 2.45) is 0 Å². The summed E-state index contributed by atoms with van der Waals surface area (Å²) in [7, 11) is 1.59. The smallest absolute Gasteiger partial charge is 0.261 e. The number of ether oxygens (including phenoxy) is 1. The van der Waals surface area contributed by atoms with Crippen molar-refractivity contribution in [1.82, 2.24) is 19.4 Å². The van der Waals surface area contributed by atoms with Gasteiger partial charge in [-0.15, -0.1) is 11.3 Å². The molecule has 3 rings (SSSR count). The van der Waals surface area contributed by atoms with E-state index in [0.717, 1.165) is 5.01 Å². The standard InChI is InChI=1S/C17H18N4O3S/c1-24-8-7-20(10-15-18-6-9-25-15)16(22)11-21-12-19-14-5-3-2-4-13(14)17(21)23/h2-6,9,12H,7-8,10-11H2,1H3. The molecule has 0 N–H and O–H groups in total. The molecule has 8 heteroatoms. The summed E-state index contributed by atoms with van der Waals surface area (Å²) in [5.74, 6) is -0.175. The Kier molecular flexibility index (Phi) is 5.52. The molecule has 1 amide bonds. The molecule has 25 heavy (non-hydrogen) atoms. The number of rotatable bonds is 7. The van der Waals surface area contributed by atoms with Crippen molar-refractivity contribution >= 4 is 28.1 Å². The molecule has 0 bridgehead atoms. The Morgan fingerprint density at radius 1 is 1.32 bits per heavy atom. The Labute approximate surface area is 148 Å². The van der Waals surface area contributed by atoms with Crippen LogP contribution in [-0.2, 0) is 22.6 Å². The number of carbonyl (C=O) groups is 1. The lowest BCUT2D eigenvalue weighted by Gasteiger charge is -2.21. The number of methoxy groups -OCH3 is 1. The van der Waals surface area contributed by atoms with E-state index in [-0.39, 0.29) is 18.0 Å². The average Bonchev–Trinajstić information content (AvgIpc) is 3.14. The van der Waals surface area contributed by atoms with Crippen molar-refractivity contribution in [3.8, 4) is 0 Å². The lowest BCUT2D eigenvalue weighted by Crippen LogP contribution is -2.38. The van der Waals surface area contributed by atoms with Crippen molar-refractivity contribution in [3.63, 3.8) is 0 Å². The zero-order valence-electron chi connectivity index (χ0n) is 13.8. The highest BCUT2D eigenvalue weighted by molar-refractivity contribution is 7.09. The van der Waals surface area contributed by atoms with Crippen molar-refractivity contribution < 1.29 is 9.53 Å². The summed E-state index contributed by atoms with van der Waals surface area (Å²) in [4.78, 5) is 35.3. The highest BCUT2D eigenvalue weighted by atomic mass is 32.1. The second kappa shape index (κ2) is 8.00. The summed E-state index contributed by atoms with van der Waals surface area (Å²) in [5.41, 5.74) is 0.398. The van der Waals surface area contributed by atoms with Gasteiger partial charge in [0.2, 0.25) is 5.91 Å². The van der Waals surface area contributed by atoms with Crippen LogP contribution >= 0.6 is 11.3 Å². The quantitative estimate of drug-likeness (QED) is 0.640. The Hall–Kier alpha value is -2.58. The van der Waals surface area contributed by atoms with E-state index >= 15 is 0 Å². The Morgan fingerprint density at radius 2 is 2.16 bits per heavy atom. The van der Waals surface area contributed by atoms with Crippen molar-refractivity contribution in [3.05, 3.63) is 57.5 Å². The van der Waals surface area contributed by atoms with Gasteiger partial charge in [-0.05, 0) is 12.1 Å². The zero-order chi connectivity index (χ0) is 17.6. The molecule has 3 aromatic rings. The largest absolute Gasteiger partial charge is 0.383 e. The van der Waals surface area contributed by atoms with Gasteiger partial charge in [0.15, 0.2) is 0 Å². The van der Waals surface area contributed by atoms with Gasteiger partial charge in [0.1, 0.15) is 11.6 Å². The summed E-state index contributed by atoms with van der Waals surface area (Å²) in [5, 5.41) is 3.21. The number of hydrogen-bond acceptors (Lipinski definition) is 6. The van der Waals surface area contributed by atoms with Crippen LogP contribution in [0.3, 0.4) is 0 Å². The van der Waals surface area contributed by atoms with Crippen LogP contribution in [0.4, 0.5) is 0 Å². The third kappa shape index (κ3) is 4.09. The maximum atomic E-state index is 12.7. The molecule has 2 heterocycles. The second-order valence-corrected chi connectivity index (χ2v) is 6.41. The summed E-state index contributed by atoms with van der Waals surface area (Å²) in [6, 6.07) is 7.09. The number of thiazole rings is 1. The molecule has 0 radical (unpaired) electrons. The van der Waals surface area contributed by atoms with E-state index in [2.05, 4.69) is 9.97 Å². The second-order valence-electron chi connectivity index (χ2n) is 5.43. The van der Waals surface area contributed by atoms with Crippen molar-refractivity contribution in [2.75, 3.05) is 20.3 Å². The minimum atomic E-state index is -0.222. The summed E-state index contributed by atoms with van der Waals surface area (Å²) >= 11 is 1.49. The first-order chi connectivity index (χ1) is 12.2. The van der Waals surface area contributed by atoms with E-state index in [1.54, 1.807) is 36.4 Å². The van der Waals surface area contributed by atoms with Crippen LogP contribution in [0.1, 0.15) is 5.01 Å². The number of benzene rings is 1. The molecular weight excluding hydrogens is 340 g/mol. The third-order valence-electron chi connectivity index (χ3n) is 3.76. The molecule has 2 aromatic heterocycles. The molecular formula is C17H18N4O3S. The molecule has 1 aromatic carbocycles. The lowest BCUT2D eigenvalue weighted by atomic mass is 10.2. The van der Waals surface area contributed by atoms with E-state index in [1.165, 1.54) is 22.2 Å². The molecule has 0 saturated carbocycles. The van der Waals surface area contributed by atoms with E-state index in [9.17, 15) is 9.59 Å². The first-order valence-electron chi connectivity index (χ1n) is 7.78. The summed E-state index contributed by atoms with van der Waals surface area (Å²) in [6.45, 7) is 1.19. The van der Waals surface area contributed by atoms with Crippen LogP contribution in [0.2, 0.25) is 0 Å². The van der Waals surface area contributed by atoms with Gasteiger partial charge >= 0.3 is 0 Å². The minimum Gasteiger partial charge on any atom is -0.383 e. The van der Waals surface area contributed by atoms with Gasteiger partial charge in [-0.1, -0.05) is 12.1 Å². The van der Waals surface area contributed by atoms with Crippen molar-refractivity contribution in [2.45, 2.75) is 13.1 Å². The van der Waals surface area contributed by atoms with Gasteiger partial charge in [0.05, 0.1) is 30.4 Å². The maximum Gasteiger partial charge on any atom is 0.261 e. The van der Waals surface area contributed by atoms with Crippen LogP contribution in [0.25, 0.3) is 10.9 Å². The van der Waals surface area contributed by atoms with E-state index in [4.69, 9.17) is 4.74 Å². The number of fused-ring (bicyclic) bond motifs is 1. The number of hydrogen-bond donors (Lipinski definition) is 0. The molecule has 0 saturated heterocycles. The Morgan fingerprint density at radius 3 is 2.92 bits per heavy atom. The Balaban J connectivity index is 1.80. The number of aromatic nitrogens is 3. The van der Waals surface area contributed by atoms with Crippen LogP contribution in [0.5, 0.6) is 0 Å². The fraction of sp³-hybridized carbons (Fsp3) is 0.294. The highest BCUT2D eigenvalue weighted by Crippen LogP contribution is 2.09. The molecule has 0 fully saturated rings. The van der Waals surface area contributed by atoms with E-state index in [1.807, 2.05) is 11.4 Å². The minimum absolute atomic E-state index is 0.0637. The molecule has 0 spiro atoms. The molecule has 0 aliphatic rings.